The van der Waals surface area contributed by atoms with Crippen LogP contribution in [0.15, 0.2) is 30.5 Å². The maximum absolute atomic E-state index is 12.7. The topological polar surface area (TPSA) is 77.0 Å². The first-order valence-electron chi connectivity index (χ1n) is 7.70. The van der Waals surface area contributed by atoms with E-state index in [1.165, 1.54) is 18.4 Å². The highest BCUT2D eigenvalue weighted by atomic mass is 32.1. The summed E-state index contributed by atoms with van der Waals surface area (Å²) in [6.45, 7) is 5.99. The summed E-state index contributed by atoms with van der Waals surface area (Å²) in [7, 11) is 1.51. The van der Waals surface area contributed by atoms with Crippen molar-refractivity contribution in [3.05, 3.63) is 52.8 Å². The predicted octanol–water partition coefficient (Wildman–Crippen LogP) is 3.79. The van der Waals surface area contributed by atoms with E-state index in [1.807, 2.05) is 26.8 Å². The van der Waals surface area contributed by atoms with Gasteiger partial charge in [-0.15, -0.1) is 5.10 Å². The molecule has 128 valence electrons. The maximum Gasteiger partial charge on any atom is 0.295 e. The van der Waals surface area contributed by atoms with Crippen LogP contribution in [0.2, 0.25) is 0 Å². The molecule has 0 saturated carbocycles. The summed E-state index contributed by atoms with van der Waals surface area (Å²) in [6, 6.07) is 8.15. The number of ether oxygens (including phenoxy) is 1. The summed E-state index contributed by atoms with van der Waals surface area (Å²) >= 11 is 1.17. The van der Waals surface area contributed by atoms with Gasteiger partial charge in [-0.3, -0.25) is 15.1 Å². The third-order valence-electron chi connectivity index (χ3n) is 3.62. The van der Waals surface area contributed by atoms with E-state index in [4.69, 9.17) is 4.74 Å². The monoisotopic (exact) mass is 354 g/mol. The molecule has 0 fully saturated rings. The number of nitrogens with zero attached hydrogens (tertiary/aromatic N) is 3. The molecular formula is C18H18N4O2S. The number of benzene rings is 1. The van der Waals surface area contributed by atoms with Gasteiger partial charge in [-0.25, -0.2) is 0 Å². The highest BCUT2D eigenvalue weighted by Crippen LogP contribution is 2.28. The number of anilines is 1. The van der Waals surface area contributed by atoms with Crippen LogP contribution in [-0.4, -0.2) is 28.2 Å². The van der Waals surface area contributed by atoms with Crippen molar-refractivity contribution >= 4 is 22.4 Å². The minimum Gasteiger partial charge on any atom is -0.472 e. The lowest BCUT2D eigenvalue weighted by molar-refractivity contribution is 0.102. The molecule has 0 unspecified atom stereocenters. The first kappa shape index (κ1) is 17.0. The molecule has 0 aliphatic heterocycles. The number of nitrogens with one attached hydrogen (secondary N) is 1. The zero-order valence-corrected chi connectivity index (χ0v) is 15.3. The number of hydrogen-bond acceptors (Lipinski definition) is 6. The summed E-state index contributed by atoms with van der Waals surface area (Å²) in [5, 5.41) is 11.2. The van der Waals surface area contributed by atoms with Crippen LogP contribution < -0.4 is 10.1 Å². The van der Waals surface area contributed by atoms with Crippen molar-refractivity contribution in [1.29, 1.82) is 0 Å². The fraction of sp³-hybridized carbons (Fsp3) is 0.222. The van der Waals surface area contributed by atoms with Crippen LogP contribution >= 0.6 is 11.3 Å². The molecule has 2 heterocycles. The highest BCUT2D eigenvalue weighted by molar-refractivity contribution is 7.17. The smallest absolute Gasteiger partial charge is 0.295 e. The molecule has 0 saturated heterocycles. The van der Waals surface area contributed by atoms with Gasteiger partial charge in [0.15, 0.2) is 0 Å². The largest absolute Gasteiger partial charge is 0.472 e. The van der Waals surface area contributed by atoms with Crippen LogP contribution in [0.3, 0.4) is 0 Å². The quantitative estimate of drug-likeness (QED) is 0.771. The number of hydrogen-bond donors (Lipinski definition) is 1. The average molecular weight is 354 g/mol. The summed E-state index contributed by atoms with van der Waals surface area (Å²) in [6.07, 6.45) is 1.59. The van der Waals surface area contributed by atoms with E-state index in [0.29, 0.717) is 15.9 Å². The molecule has 7 heteroatoms. The number of carbonyl (C=O) groups is 1. The summed E-state index contributed by atoms with van der Waals surface area (Å²) in [4.78, 5) is 17.0. The summed E-state index contributed by atoms with van der Waals surface area (Å²) < 4.78 is 5.00. The van der Waals surface area contributed by atoms with Crippen LogP contribution in [0.1, 0.15) is 27.2 Å². The van der Waals surface area contributed by atoms with Crippen LogP contribution in [0.5, 0.6) is 5.19 Å². The average Bonchev–Trinajstić information content (AvgIpc) is 3.01. The zero-order chi connectivity index (χ0) is 18.0. The van der Waals surface area contributed by atoms with Crippen LogP contribution in [0.4, 0.5) is 5.13 Å². The van der Waals surface area contributed by atoms with Gasteiger partial charge < -0.3 is 4.74 Å². The van der Waals surface area contributed by atoms with E-state index < -0.39 is 0 Å². The molecular weight excluding hydrogens is 336 g/mol. The minimum absolute atomic E-state index is 0.277. The predicted molar refractivity (Wildman–Crippen MR) is 98.3 cm³/mol. The molecule has 2 aromatic heterocycles. The Morgan fingerprint density at radius 1 is 1.08 bits per heavy atom. The Bertz CT molecular complexity index is 916. The molecule has 0 aliphatic carbocycles. The molecule has 25 heavy (non-hydrogen) atoms. The lowest BCUT2D eigenvalue weighted by atomic mass is 9.97. The molecule has 3 rings (SSSR count). The van der Waals surface area contributed by atoms with E-state index >= 15 is 0 Å². The van der Waals surface area contributed by atoms with E-state index in [9.17, 15) is 4.79 Å². The molecule has 1 aromatic carbocycles. The van der Waals surface area contributed by atoms with Crippen molar-refractivity contribution in [2.45, 2.75) is 20.8 Å². The van der Waals surface area contributed by atoms with Gasteiger partial charge in [-0.05, 0) is 49.3 Å². The number of amides is 1. The third kappa shape index (κ3) is 3.83. The third-order valence-corrected chi connectivity index (χ3v) is 4.42. The Labute approximate surface area is 149 Å². The molecule has 1 amide bonds. The van der Waals surface area contributed by atoms with Gasteiger partial charge in [0.2, 0.25) is 5.13 Å². The van der Waals surface area contributed by atoms with Crippen molar-refractivity contribution in [1.82, 2.24) is 15.2 Å². The fourth-order valence-electron chi connectivity index (χ4n) is 2.62. The lowest BCUT2D eigenvalue weighted by Crippen LogP contribution is -2.14. The first-order chi connectivity index (χ1) is 12.0. The van der Waals surface area contributed by atoms with Crippen molar-refractivity contribution in [2.75, 3.05) is 12.4 Å². The SMILES string of the molecule is COc1nnc(NC(=O)c2cnc(C)cc2-c2cc(C)cc(C)c2)s1. The molecule has 0 aliphatic rings. The van der Waals surface area contributed by atoms with Crippen molar-refractivity contribution in [3.8, 4) is 16.3 Å². The van der Waals surface area contributed by atoms with E-state index in [2.05, 4.69) is 38.7 Å². The molecule has 0 bridgehead atoms. The molecule has 0 radical (unpaired) electrons. The Hall–Kier alpha value is -2.80. The molecule has 0 atom stereocenters. The number of methoxy groups -OCH3 is 1. The zero-order valence-electron chi connectivity index (χ0n) is 14.5. The normalized spacial score (nSPS) is 10.6. The standard InChI is InChI=1S/C18H18N4O2S/c1-10-5-11(2)7-13(6-10)14-8-12(3)19-9-15(14)16(23)20-17-21-22-18(24-4)25-17/h5-9H,1-4H3,(H,20,21,23). The number of aromatic nitrogens is 3. The van der Waals surface area contributed by atoms with Gasteiger partial charge in [-0.2, -0.15) is 0 Å². The highest BCUT2D eigenvalue weighted by Gasteiger charge is 2.16. The summed E-state index contributed by atoms with van der Waals surface area (Å²) in [5.74, 6) is -0.277. The Morgan fingerprint density at radius 3 is 2.44 bits per heavy atom. The van der Waals surface area contributed by atoms with Crippen LogP contribution in [0, 0.1) is 20.8 Å². The van der Waals surface area contributed by atoms with Gasteiger partial charge in [0.1, 0.15) is 0 Å². The molecule has 1 N–H and O–H groups in total. The van der Waals surface area contributed by atoms with Gasteiger partial charge in [0.25, 0.3) is 11.1 Å². The molecule has 0 spiro atoms. The Morgan fingerprint density at radius 2 is 1.80 bits per heavy atom. The van der Waals surface area contributed by atoms with Crippen molar-refractivity contribution in [2.24, 2.45) is 0 Å². The maximum atomic E-state index is 12.7. The number of pyridine rings is 1. The summed E-state index contributed by atoms with van der Waals surface area (Å²) in [5.41, 5.74) is 5.46. The van der Waals surface area contributed by atoms with Gasteiger partial charge in [0.05, 0.1) is 12.7 Å². The minimum atomic E-state index is -0.277. The second-order valence-electron chi connectivity index (χ2n) is 5.78. The second kappa shape index (κ2) is 6.98. The molecule has 6 nitrogen and oxygen atoms in total. The number of rotatable bonds is 4. The number of carbonyl (C=O) groups excluding carboxylic acids is 1. The molecule has 3 aromatic rings. The van der Waals surface area contributed by atoms with Crippen molar-refractivity contribution in [3.63, 3.8) is 0 Å². The van der Waals surface area contributed by atoms with Gasteiger partial charge >= 0.3 is 0 Å². The fourth-order valence-corrected chi connectivity index (χ4v) is 3.17. The van der Waals surface area contributed by atoms with Crippen LogP contribution in [-0.2, 0) is 0 Å². The van der Waals surface area contributed by atoms with Gasteiger partial charge in [-0.1, -0.05) is 34.4 Å². The lowest BCUT2D eigenvalue weighted by Gasteiger charge is -2.11. The van der Waals surface area contributed by atoms with E-state index in [-0.39, 0.29) is 5.91 Å². The van der Waals surface area contributed by atoms with E-state index in [0.717, 1.165) is 27.9 Å². The number of aryl methyl sites for hydroxylation is 3. The van der Waals surface area contributed by atoms with Crippen molar-refractivity contribution < 1.29 is 9.53 Å². The van der Waals surface area contributed by atoms with Gasteiger partial charge in [0, 0.05) is 11.9 Å². The van der Waals surface area contributed by atoms with Crippen LogP contribution in [0.25, 0.3) is 11.1 Å². The first-order valence-corrected chi connectivity index (χ1v) is 8.52. The van der Waals surface area contributed by atoms with E-state index in [1.54, 1.807) is 6.20 Å². The Balaban J connectivity index is 1.99. The Kier molecular flexibility index (Phi) is 4.76. The second-order valence-corrected chi connectivity index (χ2v) is 6.72.